The Balaban J connectivity index is 1.22. The molecule has 4 heterocycles. The number of anilines is 2. The van der Waals surface area contributed by atoms with Gasteiger partial charge in [0.05, 0.1) is 18.8 Å². The lowest BCUT2D eigenvalue weighted by molar-refractivity contribution is 0.0383. The molecule has 2 N–H and O–H groups in total. The van der Waals surface area contributed by atoms with Gasteiger partial charge in [0.2, 0.25) is 0 Å². The largest absolute Gasteiger partial charge is 0.456 e. The molecule has 2 aliphatic rings. The van der Waals surface area contributed by atoms with Crippen LogP contribution in [0.3, 0.4) is 0 Å². The molecule has 8 heteroatoms. The first kappa shape index (κ1) is 23.2. The average Bonchev–Trinajstić information content (AvgIpc) is 2.92. The summed E-state index contributed by atoms with van der Waals surface area (Å²) >= 11 is 0. The van der Waals surface area contributed by atoms with E-state index in [1.165, 1.54) is 12.3 Å². The smallest absolute Gasteiger partial charge is 0.271 e. The van der Waals surface area contributed by atoms with Crippen molar-refractivity contribution in [2.75, 3.05) is 29.9 Å². The first-order valence-electron chi connectivity index (χ1n) is 12.4. The van der Waals surface area contributed by atoms with Crippen molar-refractivity contribution in [3.05, 3.63) is 112 Å². The van der Waals surface area contributed by atoms with Crippen LogP contribution in [0.5, 0.6) is 11.5 Å². The minimum Gasteiger partial charge on any atom is -0.456 e. The van der Waals surface area contributed by atoms with Crippen molar-refractivity contribution in [1.29, 1.82) is 0 Å². The van der Waals surface area contributed by atoms with Crippen molar-refractivity contribution in [1.82, 2.24) is 9.97 Å². The van der Waals surface area contributed by atoms with E-state index in [4.69, 9.17) is 9.47 Å². The molecule has 0 saturated carbocycles. The van der Waals surface area contributed by atoms with Crippen molar-refractivity contribution in [3.63, 3.8) is 0 Å². The topological polar surface area (TPSA) is 79.5 Å². The maximum absolute atomic E-state index is 13.6. The Morgan fingerprint density at radius 2 is 2.05 bits per heavy atom. The Kier molecular flexibility index (Phi) is 6.10. The van der Waals surface area contributed by atoms with Crippen LogP contribution < -0.4 is 20.5 Å². The van der Waals surface area contributed by atoms with Gasteiger partial charge in [0.15, 0.2) is 0 Å². The minimum atomic E-state index is -0.349. The zero-order chi connectivity index (χ0) is 25.4. The van der Waals surface area contributed by atoms with E-state index in [-0.39, 0.29) is 23.5 Å². The summed E-state index contributed by atoms with van der Waals surface area (Å²) in [5.74, 6) is 1.28. The fourth-order valence-corrected chi connectivity index (χ4v) is 5.06. The number of para-hydroxylation sites is 1. The number of hydrogen-bond donors (Lipinski definition) is 2. The van der Waals surface area contributed by atoms with Crippen LogP contribution in [0.25, 0.3) is 0 Å². The van der Waals surface area contributed by atoms with Gasteiger partial charge in [0.25, 0.3) is 5.56 Å². The van der Waals surface area contributed by atoms with Crippen molar-refractivity contribution in [3.8, 4) is 11.5 Å². The molecule has 188 valence electrons. The van der Waals surface area contributed by atoms with Crippen LogP contribution in [0.1, 0.15) is 41.3 Å². The zero-order valence-corrected chi connectivity index (χ0v) is 20.4. The van der Waals surface area contributed by atoms with Gasteiger partial charge >= 0.3 is 0 Å². The fourth-order valence-electron chi connectivity index (χ4n) is 5.06. The average molecular weight is 499 g/mol. The number of pyridine rings is 2. The van der Waals surface area contributed by atoms with Gasteiger partial charge < -0.3 is 24.7 Å². The van der Waals surface area contributed by atoms with Crippen LogP contribution in [0.15, 0.2) is 78.0 Å². The molecule has 2 aliphatic heterocycles. The third-order valence-electron chi connectivity index (χ3n) is 6.94. The molecular weight excluding hydrogens is 471 g/mol. The predicted molar refractivity (Wildman–Crippen MR) is 140 cm³/mol. The Morgan fingerprint density at radius 3 is 2.92 bits per heavy atom. The summed E-state index contributed by atoms with van der Waals surface area (Å²) in [4.78, 5) is 21.1. The van der Waals surface area contributed by atoms with Gasteiger partial charge in [-0.1, -0.05) is 18.2 Å². The third kappa shape index (κ3) is 4.68. The SMILES string of the molecule is CC(Nc1ccc2c(c1)Cc1cccc(C3CN(c4ccc[nH]c4=O)CCO3)c1O2)c1cncc(F)c1. The van der Waals surface area contributed by atoms with Gasteiger partial charge in [-0.05, 0) is 54.4 Å². The zero-order valence-electron chi connectivity index (χ0n) is 20.4. The van der Waals surface area contributed by atoms with Crippen LogP contribution in [0.4, 0.5) is 15.8 Å². The molecule has 6 rings (SSSR count). The molecule has 0 amide bonds. The van der Waals surface area contributed by atoms with Gasteiger partial charge in [0.1, 0.15) is 29.1 Å². The van der Waals surface area contributed by atoms with Gasteiger partial charge in [-0.25, -0.2) is 4.39 Å². The fraction of sp³-hybridized carbons (Fsp3) is 0.241. The summed E-state index contributed by atoms with van der Waals surface area (Å²) in [6.07, 6.45) is 5.02. The predicted octanol–water partition coefficient (Wildman–Crippen LogP) is 5.36. The van der Waals surface area contributed by atoms with Gasteiger partial charge in [-0.3, -0.25) is 9.78 Å². The summed E-state index contributed by atoms with van der Waals surface area (Å²) in [6.45, 7) is 3.72. The van der Waals surface area contributed by atoms with E-state index in [1.54, 1.807) is 12.4 Å². The number of halogens is 1. The molecular formula is C29H27FN4O3. The van der Waals surface area contributed by atoms with E-state index in [9.17, 15) is 9.18 Å². The summed E-state index contributed by atoms with van der Waals surface area (Å²) in [5, 5.41) is 3.43. The Hall–Kier alpha value is -4.17. The maximum atomic E-state index is 13.6. The number of nitrogens with zero attached hydrogens (tertiary/aromatic N) is 2. The van der Waals surface area contributed by atoms with Crippen LogP contribution in [0.2, 0.25) is 0 Å². The second-order valence-corrected chi connectivity index (χ2v) is 9.43. The lowest BCUT2D eigenvalue weighted by Gasteiger charge is -2.35. The highest BCUT2D eigenvalue weighted by Gasteiger charge is 2.29. The lowest BCUT2D eigenvalue weighted by atomic mass is 9.95. The normalized spacial score (nSPS) is 17.4. The number of fused-ring (bicyclic) bond motifs is 2. The van der Waals surface area contributed by atoms with E-state index < -0.39 is 0 Å². The number of aromatic nitrogens is 2. The molecule has 1 saturated heterocycles. The molecule has 2 aromatic carbocycles. The van der Waals surface area contributed by atoms with Crippen LogP contribution in [-0.4, -0.2) is 29.7 Å². The van der Waals surface area contributed by atoms with Crippen LogP contribution in [0, 0.1) is 5.82 Å². The van der Waals surface area contributed by atoms with E-state index in [1.807, 2.05) is 43.3 Å². The van der Waals surface area contributed by atoms with E-state index >= 15 is 0 Å². The number of benzene rings is 2. The van der Waals surface area contributed by atoms with Gasteiger partial charge in [0, 0.05) is 48.7 Å². The number of morpholine rings is 1. The molecule has 1 fully saturated rings. The van der Waals surface area contributed by atoms with Crippen molar-refractivity contribution < 1.29 is 13.9 Å². The first-order chi connectivity index (χ1) is 18.0. The highest BCUT2D eigenvalue weighted by atomic mass is 19.1. The number of nitrogens with one attached hydrogen (secondary N) is 2. The van der Waals surface area contributed by atoms with Crippen molar-refractivity contribution >= 4 is 11.4 Å². The van der Waals surface area contributed by atoms with E-state index in [2.05, 4.69) is 32.3 Å². The molecule has 0 spiro atoms. The lowest BCUT2D eigenvalue weighted by Crippen LogP contribution is -2.41. The quantitative estimate of drug-likeness (QED) is 0.340. The maximum Gasteiger partial charge on any atom is 0.271 e. The molecule has 0 aliphatic carbocycles. The van der Waals surface area contributed by atoms with Crippen LogP contribution >= 0.6 is 0 Å². The second-order valence-electron chi connectivity index (χ2n) is 9.43. The highest BCUT2D eigenvalue weighted by molar-refractivity contribution is 5.59. The van der Waals surface area contributed by atoms with E-state index in [0.29, 0.717) is 25.4 Å². The first-order valence-corrected chi connectivity index (χ1v) is 12.4. The molecule has 2 unspecified atom stereocenters. The Bertz CT molecular complexity index is 1500. The van der Waals surface area contributed by atoms with Crippen molar-refractivity contribution in [2.24, 2.45) is 0 Å². The Morgan fingerprint density at radius 1 is 1.14 bits per heavy atom. The number of H-pyrrole nitrogens is 1. The number of ether oxygens (including phenoxy) is 2. The molecule has 0 bridgehead atoms. The summed E-state index contributed by atoms with van der Waals surface area (Å²) in [5.41, 5.74) is 5.39. The summed E-state index contributed by atoms with van der Waals surface area (Å²) in [7, 11) is 0. The summed E-state index contributed by atoms with van der Waals surface area (Å²) in [6, 6.07) is 17.2. The molecule has 2 atom stereocenters. The molecule has 2 aromatic heterocycles. The standard InChI is InChI=1S/C29H27FN4O3/c1-18(21-13-22(30)16-31-15-21)33-23-7-8-26-20(14-23)12-19-4-2-5-24(28(19)37-26)27-17-34(10-11-36-27)25-6-3-9-32-29(25)35/h2-9,13-16,18,27,33H,10-12,17H2,1H3,(H,32,35). The number of rotatable bonds is 5. The monoisotopic (exact) mass is 498 g/mol. The Labute approximate surface area is 213 Å². The molecule has 0 radical (unpaired) electrons. The van der Waals surface area contributed by atoms with Gasteiger partial charge in [-0.15, -0.1) is 0 Å². The van der Waals surface area contributed by atoms with E-state index in [0.717, 1.165) is 45.9 Å². The number of aromatic amines is 1. The minimum absolute atomic E-state index is 0.101. The summed E-state index contributed by atoms with van der Waals surface area (Å²) < 4.78 is 26.2. The second kappa shape index (κ2) is 9.71. The highest BCUT2D eigenvalue weighted by Crippen LogP contribution is 2.43. The van der Waals surface area contributed by atoms with Crippen molar-refractivity contribution in [2.45, 2.75) is 25.5 Å². The third-order valence-corrected chi connectivity index (χ3v) is 6.94. The molecule has 37 heavy (non-hydrogen) atoms. The number of hydrogen-bond acceptors (Lipinski definition) is 6. The molecule has 4 aromatic rings. The van der Waals surface area contributed by atoms with Gasteiger partial charge in [-0.2, -0.15) is 0 Å². The molecule has 7 nitrogen and oxygen atoms in total. The van der Waals surface area contributed by atoms with Crippen LogP contribution in [-0.2, 0) is 11.2 Å².